The second-order valence-corrected chi connectivity index (χ2v) is 20.6. The van der Waals surface area contributed by atoms with Crippen molar-refractivity contribution in [2.24, 2.45) is 0 Å². The average Bonchev–Trinajstić information content (AvgIpc) is 4.14. The van der Waals surface area contributed by atoms with Crippen LogP contribution in [0.15, 0.2) is 285 Å². The first-order valence-corrected chi connectivity index (χ1v) is 26.6. The summed E-state index contributed by atoms with van der Waals surface area (Å²) in [7, 11) is 0. The fourth-order valence-corrected chi connectivity index (χ4v) is 13.7. The van der Waals surface area contributed by atoms with Crippen molar-refractivity contribution in [3.05, 3.63) is 330 Å². The van der Waals surface area contributed by atoms with Crippen molar-refractivity contribution in [3.8, 4) is 78.6 Å². The lowest BCUT2D eigenvalue weighted by Gasteiger charge is -2.39. The fourth-order valence-electron chi connectivity index (χ4n) is 13.7. The van der Waals surface area contributed by atoms with Gasteiger partial charge in [-0.25, -0.2) is 0 Å². The fraction of sp³-hybridized carbons (Fsp3) is 0.0270. The van der Waals surface area contributed by atoms with Gasteiger partial charge in [-0.1, -0.05) is 218 Å². The average molecular weight is 982 g/mol. The van der Waals surface area contributed by atoms with Gasteiger partial charge in [-0.2, -0.15) is 0 Å². The Morgan fingerprint density at radius 1 is 0.221 bits per heavy atom. The third-order valence-corrected chi connectivity index (χ3v) is 16.8. The molecule has 0 amide bonds. The molecule has 0 radical (unpaired) electrons. The first-order chi connectivity index (χ1) is 38.2. The summed E-state index contributed by atoms with van der Waals surface area (Å²) in [6.45, 7) is 0. The molecule has 3 nitrogen and oxygen atoms in total. The number of rotatable bonds is 6. The van der Waals surface area contributed by atoms with Gasteiger partial charge in [0.2, 0.25) is 0 Å². The smallest absolute Gasteiger partial charge is 0.132 e. The van der Waals surface area contributed by atoms with E-state index in [2.05, 4.69) is 290 Å². The Balaban J connectivity index is 0.810. The first kappa shape index (κ1) is 43.4. The zero-order valence-electron chi connectivity index (χ0n) is 41.9. The summed E-state index contributed by atoms with van der Waals surface area (Å²) in [4.78, 5) is 2.38. The SMILES string of the molecule is c1ccc(-c2ccc(N(c3ccc(-c4ccc5c(c4)C4(c6ccccc6Oc6ccccc64)c4ccccc4-5)cc3)c3ccc(-c4cccc5c4-c4ccccc4C54c5ccccc5Oc5ccccc54)cc3)cc2)cc1. The van der Waals surface area contributed by atoms with Crippen LogP contribution in [-0.4, -0.2) is 0 Å². The summed E-state index contributed by atoms with van der Waals surface area (Å²) in [5.74, 6) is 3.58. The van der Waals surface area contributed by atoms with Crippen LogP contribution < -0.4 is 14.4 Å². The lowest BCUT2D eigenvalue weighted by Crippen LogP contribution is -2.32. The minimum atomic E-state index is -0.533. The zero-order chi connectivity index (χ0) is 50.7. The van der Waals surface area contributed by atoms with Crippen LogP contribution >= 0.6 is 0 Å². The van der Waals surface area contributed by atoms with E-state index in [9.17, 15) is 0 Å². The molecule has 12 aromatic rings. The standard InChI is InChI=1S/C74H47NO2/c1-2-17-48(18-3-1)49-33-40-53(41-34-49)75(54-42-35-50(36-43-54)52-39-46-58-57-19-4-6-22-60(57)74(67(58)47-52)64-26-10-14-31-70(64)77-71-32-15-11-27-65(71)74)55-44-37-51(38-45-55)56-21-16-28-66-72(56)59-20-5-7-23-61(59)73(66)62-24-8-12-29-68(62)76-69-30-13-9-25-63(69)73/h1-47H. The quantitative estimate of drug-likeness (QED) is 0.166. The molecule has 0 saturated heterocycles. The number of benzene rings is 12. The summed E-state index contributed by atoms with van der Waals surface area (Å²) < 4.78 is 13.3. The lowest BCUT2D eigenvalue weighted by atomic mass is 9.66. The Hall–Kier alpha value is -9.96. The van der Waals surface area contributed by atoms with Crippen LogP contribution in [0.1, 0.15) is 44.5 Å². The molecule has 0 N–H and O–H groups in total. The molecule has 0 atom stereocenters. The van der Waals surface area contributed by atoms with Gasteiger partial charge in [0, 0.05) is 39.3 Å². The molecule has 360 valence electrons. The van der Waals surface area contributed by atoms with E-state index in [1.165, 1.54) is 89.0 Å². The van der Waals surface area contributed by atoms with E-state index in [1.54, 1.807) is 0 Å². The van der Waals surface area contributed by atoms with Gasteiger partial charge in [-0.3, -0.25) is 0 Å². The predicted molar refractivity (Wildman–Crippen MR) is 312 cm³/mol. The van der Waals surface area contributed by atoms with Crippen LogP contribution in [-0.2, 0) is 10.8 Å². The number of nitrogens with zero attached hydrogens (tertiary/aromatic N) is 1. The molecule has 4 aliphatic rings. The second kappa shape index (κ2) is 16.8. The minimum absolute atomic E-state index is 0.532. The molecule has 0 unspecified atom stereocenters. The largest absolute Gasteiger partial charge is 0.457 e. The van der Waals surface area contributed by atoms with Crippen molar-refractivity contribution in [1.82, 2.24) is 0 Å². The molecule has 0 aromatic heterocycles. The van der Waals surface area contributed by atoms with Gasteiger partial charge in [-0.05, 0) is 145 Å². The van der Waals surface area contributed by atoms with E-state index in [1.807, 2.05) is 0 Å². The van der Waals surface area contributed by atoms with Crippen molar-refractivity contribution in [3.63, 3.8) is 0 Å². The van der Waals surface area contributed by atoms with Crippen molar-refractivity contribution >= 4 is 17.1 Å². The molecule has 2 heterocycles. The second-order valence-electron chi connectivity index (χ2n) is 20.6. The maximum absolute atomic E-state index is 6.64. The van der Waals surface area contributed by atoms with Gasteiger partial charge in [0.1, 0.15) is 23.0 Å². The summed E-state index contributed by atoms with van der Waals surface area (Å²) in [6, 6.07) is 104. The zero-order valence-corrected chi connectivity index (χ0v) is 41.9. The van der Waals surface area contributed by atoms with E-state index in [0.717, 1.165) is 51.2 Å². The molecule has 12 aromatic carbocycles. The predicted octanol–water partition coefficient (Wildman–Crippen LogP) is 19.1. The Labute approximate surface area is 448 Å². The van der Waals surface area contributed by atoms with Crippen molar-refractivity contribution < 1.29 is 9.47 Å². The molecule has 0 fully saturated rings. The Morgan fingerprint density at radius 3 is 1.10 bits per heavy atom. The van der Waals surface area contributed by atoms with Crippen LogP contribution in [0.5, 0.6) is 23.0 Å². The first-order valence-electron chi connectivity index (χ1n) is 26.6. The van der Waals surface area contributed by atoms with Crippen molar-refractivity contribution in [1.29, 1.82) is 0 Å². The Bertz CT molecular complexity index is 4240. The van der Waals surface area contributed by atoms with Gasteiger partial charge in [0.25, 0.3) is 0 Å². The highest BCUT2D eigenvalue weighted by atomic mass is 16.5. The van der Waals surface area contributed by atoms with Gasteiger partial charge in [0.15, 0.2) is 0 Å². The molecule has 2 spiro atoms. The van der Waals surface area contributed by atoms with Crippen LogP contribution in [0.3, 0.4) is 0 Å². The van der Waals surface area contributed by atoms with Gasteiger partial charge in [-0.15, -0.1) is 0 Å². The highest BCUT2D eigenvalue weighted by molar-refractivity contribution is 5.97. The van der Waals surface area contributed by atoms with Crippen LogP contribution in [0.2, 0.25) is 0 Å². The maximum atomic E-state index is 6.64. The molecular formula is C74H47NO2. The maximum Gasteiger partial charge on any atom is 0.132 e. The lowest BCUT2D eigenvalue weighted by molar-refractivity contribution is 0.436. The van der Waals surface area contributed by atoms with Gasteiger partial charge >= 0.3 is 0 Å². The third-order valence-electron chi connectivity index (χ3n) is 16.8. The van der Waals surface area contributed by atoms with Crippen molar-refractivity contribution in [2.75, 3.05) is 4.90 Å². The van der Waals surface area contributed by atoms with Crippen molar-refractivity contribution in [2.45, 2.75) is 10.8 Å². The number of anilines is 3. The monoisotopic (exact) mass is 981 g/mol. The molecule has 16 rings (SSSR count). The van der Waals surface area contributed by atoms with E-state index >= 15 is 0 Å². The number of ether oxygens (including phenoxy) is 2. The number of para-hydroxylation sites is 4. The summed E-state index contributed by atoms with van der Waals surface area (Å²) >= 11 is 0. The molecule has 3 heteroatoms. The Morgan fingerprint density at radius 2 is 0.571 bits per heavy atom. The van der Waals surface area contributed by atoms with Crippen LogP contribution in [0, 0.1) is 0 Å². The van der Waals surface area contributed by atoms with Gasteiger partial charge in [0.05, 0.1) is 10.8 Å². The molecule has 77 heavy (non-hydrogen) atoms. The van der Waals surface area contributed by atoms with E-state index < -0.39 is 10.8 Å². The number of hydrogen-bond donors (Lipinski definition) is 0. The molecule has 0 bridgehead atoms. The topological polar surface area (TPSA) is 21.7 Å². The molecular weight excluding hydrogens is 935 g/mol. The summed E-state index contributed by atoms with van der Waals surface area (Å²) in [6.07, 6.45) is 0. The summed E-state index contributed by atoms with van der Waals surface area (Å²) in [5, 5.41) is 0. The van der Waals surface area contributed by atoms with E-state index in [0.29, 0.717) is 0 Å². The Kier molecular flexibility index (Phi) is 9.47. The molecule has 0 saturated carbocycles. The van der Waals surface area contributed by atoms with E-state index in [-0.39, 0.29) is 0 Å². The number of fused-ring (bicyclic) bond motifs is 18. The van der Waals surface area contributed by atoms with Crippen LogP contribution in [0.25, 0.3) is 55.6 Å². The molecule has 2 aliphatic heterocycles. The van der Waals surface area contributed by atoms with Crippen LogP contribution in [0.4, 0.5) is 17.1 Å². The minimum Gasteiger partial charge on any atom is -0.457 e. The summed E-state index contributed by atoms with van der Waals surface area (Å²) in [5.41, 5.74) is 24.0. The number of hydrogen-bond acceptors (Lipinski definition) is 3. The molecule has 2 aliphatic carbocycles. The third kappa shape index (κ3) is 6.20. The normalized spacial score (nSPS) is 13.9. The highest BCUT2D eigenvalue weighted by Crippen LogP contribution is 2.65. The van der Waals surface area contributed by atoms with Gasteiger partial charge < -0.3 is 14.4 Å². The highest BCUT2D eigenvalue weighted by Gasteiger charge is 2.53. The van der Waals surface area contributed by atoms with E-state index in [4.69, 9.17) is 9.47 Å².